The van der Waals surface area contributed by atoms with Gasteiger partial charge in [-0.05, 0) is 19.3 Å². The number of sulfonamides is 1. The van der Waals surface area contributed by atoms with Crippen molar-refractivity contribution in [2.24, 2.45) is 11.7 Å². The highest BCUT2D eigenvalue weighted by molar-refractivity contribution is 7.89. The SMILES string of the molecule is CC(C)CCS(=O)(=O)NC(C)C(N)=S. The van der Waals surface area contributed by atoms with Gasteiger partial charge in [0.1, 0.15) is 0 Å². The summed E-state index contributed by atoms with van der Waals surface area (Å²) in [6.45, 7) is 5.59. The Hall–Kier alpha value is -0.200. The first kappa shape index (κ1) is 13.8. The Labute approximate surface area is 91.3 Å². The summed E-state index contributed by atoms with van der Waals surface area (Å²) in [4.78, 5) is 0.165. The summed E-state index contributed by atoms with van der Waals surface area (Å²) >= 11 is 4.67. The van der Waals surface area contributed by atoms with Gasteiger partial charge in [-0.2, -0.15) is 0 Å². The maximum atomic E-state index is 11.4. The fourth-order valence-electron chi connectivity index (χ4n) is 0.777. The van der Waals surface area contributed by atoms with Crippen LogP contribution in [0.3, 0.4) is 0 Å². The van der Waals surface area contributed by atoms with E-state index < -0.39 is 16.1 Å². The van der Waals surface area contributed by atoms with Crippen LogP contribution in [0.5, 0.6) is 0 Å². The van der Waals surface area contributed by atoms with Crippen molar-refractivity contribution < 1.29 is 8.42 Å². The summed E-state index contributed by atoms with van der Waals surface area (Å²) in [5.74, 6) is 0.490. The molecule has 0 aliphatic carbocycles. The van der Waals surface area contributed by atoms with Crippen LogP contribution in [0.2, 0.25) is 0 Å². The molecule has 1 atom stereocenters. The molecule has 0 heterocycles. The van der Waals surface area contributed by atoms with E-state index in [2.05, 4.69) is 16.9 Å². The second-order valence-electron chi connectivity index (χ2n) is 3.74. The van der Waals surface area contributed by atoms with Crippen molar-refractivity contribution in [2.75, 3.05) is 5.75 Å². The Morgan fingerprint density at radius 2 is 1.93 bits per heavy atom. The zero-order valence-corrected chi connectivity index (χ0v) is 10.4. The predicted octanol–water partition coefficient (Wildman–Crippen LogP) is 0.627. The number of nitrogens with one attached hydrogen (secondary N) is 1. The Morgan fingerprint density at radius 1 is 1.43 bits per heavy atom. The molecule has 0 rings (SSSR count). The van der Waals surface area contributed by atoms with Gasteiger partial charge in [-0.25, -0.2) is 13.1 Å². The van der Waals surface area contributed by atoms with Crippen molar-refractivity contribution in [3.05, 3.63) is 0 Å². The van der Waals surface area contributed by atoms with Crippen molar-refractivity contribution in [3.63, 3.8) is 0 Å². The topological polar surface area (TPSA) is 72.2 Å². The lowest BCUT2D eigenvalue weighted by atomic mass is 10.2. The van der Waals surface area contributed by atoms with Crippen LogP contribution in [0.25, 0.3) is 0 Å². The van der Waals surface area contributed by atoms with Crippen molar-refractivity contribution in [3.8, 4) is 0 Å². The van der Waals surface area contributed by atoms with Gasteiger partial charge in [0.25, 0.3) is 0 Å². The third-order valence-electron chi connectivity index (χ3n) is 1.75. The molecule has 0 radical (unpaired) electrons. The standard InChI is InChI=1S/C8H18N2O2S2/c1-6(2)4-5-14(11,12)10-7(3)8(9)13/h6-7,10H,4-5H2,1-3H3,(H2,9,13). The Morgan fingerprint density at radius 3 is 2.29 bits per heavy atom. The lowest BCUT2D eigenvalue weighted by molar-refractivity contribution is 0.559. The second kappa shape index (κ2) is 5.63. The maximum Gasteiger partial charge on any atom is 0.212 e. The van der Waals surface area contributed by atoms with E-state index in [-0.39, 0.29) is 10.7 Å². The van der Waals surface area contributed by atoms with Crippen LogP contribution >= 0.6 is 12.2 Å². The molecule has 3 N–H and O–H groups in total. The van der Waals surface area contributed by atoms with E-state index in [9.17, 15) is 8.42 Å². The Bertz CT molecular complexity index is 286. The van der Waals surface area contributed by atoms with Gasteiger partial charge in [-0.1, -0.05) is 26.1 Å². The lowest BCUT2D eigenvalue weighted by Crippen LogP contribution is -2.42. The molecular weight excluding hydrogens is 220 g/mol. The van der Waals surface area contributed by atoms with E-state index >= 15 is 0 Å². The highest BCUT2D eigenvalue weighted by Crippen LogP contribution is 2.02. The number of rotatable bonds is 6. The summed E-state index contributed by atoms with van der Waals surface area (Å²) in [6.07, 6.45) is 0.638. The molecule has 0 aromatic carbocycles. The van der Waals surface area contributed by atoms with E-state index in [1.807, 2.05) is 13.8 Å². The van der Waals surface area contributed by atoms with Crippen molar-refractivity contribution >= 4 is 27.2 Å². The normalized spacial score (nSPS) is 14.3. The number of hydrogen-bond acceptors (Lipinski definition) is 3. The van der Waals surface area contributed by atoms with Gasteiger partial charge in [-0.15, -0.1) is 0 Å². The molecule has 84 valence electrons. The van der Waals surface area contributed by atoms with Crippen molar-refractivity contribution in [1.29, 1.82) is 0 Å². The van der Waals surface area contributed by atoms with E-state index in [0.717, 1.165) is 0 Å². The average Bonchev–Trinajstić information content (AvgIpc) is 2.00. The van der Waals surface area contributed by atoms with Gasteiger partial charge >= 0.3 is 0 Å². The van der Waals surface area contributed by atoms with Crippen LogP contribution < -0.4 is 10.5 Å². The molecule has 0 aromatic rings. The van der Waals surface area contributed by atoms with Gasteiger partial charge in [-0.3, -0.25) is 0 Å². The zero-order chi connectivity index (χ0) is 11.4. The fourth-order valence-corrected chi connectivity index (χ4v) is 2.48. The third kappa shape index (κ3) is 6.28. The quantitative estimate of drug-likeness (QED) is 0.666. The second-order valence-corrected chi connectivity index (χ2v) is 6.09. The molecule has 0 spiro atoms. The minimum atomic E-state index is -3.24. The first-order valence-corrected chi connectivity index (χ1v) is 6.60. The molecule has 0 aliphatic rings. The predicted molar refractivity (Wildman–Crippen MR) is 62.6 cm³/mol. The number of hydrogen-bond donors (Lipinski definition) is 2. The Balaban J connectivity index is 4.15. The van der Waals surface area contributed by atoms with Gasteiger partial charge in [0, 0.05) is 0 Å². The highest BCUT2D eigenvalue weighted by atomic mass is 32.2. The molecule has 0 aliphatic heterocycles. The molecule has 4 nitrogen and oxygen atoms in total. The minimum absolute atomic E-state index is 0.123. The van der Waals surface area contributed by atoms with Crippen LogP contribution in [0.1, 0.15) is 27.2 Å². The molecule has 0 fully saturated rings. The first-order chi connectivity index (χ1) is 6.24. The molecule has 0 amide bonds. The van der Waals surface area contributed by atoms with Crippen LogP contribution in [0.15, 0.2) is 0 Å². The fraction of sp³-hybridized carbons (Fsp3) is 0.875. The molecule has 0 aromatic heterocycles. The maximum absolute atomic E-state index is 11.4. The van der Waals surface area contributed by atoms with E-state index in [1.54, 1.807) is 6.92 Å². The van der Waals surface area contributed by atoms with E-state index in [1.165, 1.54) is 0 Å². The molecule has 14 heavy (non-hydrogen) atoms. The van der Waals surface area contributed by atoms with Gasteiger partial charge in [0.2, 0.25) is 10.0 Å². The third-order valence-corrected chi connectivity index (χ3v) is 3.59. The smallest absolute Gasteiger partial charge is 0.212 e. The van der Waals surface area contributed by atoms with E-state index in [0.29, 0.717) is 12.3 Å². The minimum Gasteiger partial charge on any atom is -0.392 e. The molecule has 6 heteroatoms. The van der Waals surface area contributed by atoms with Crippen molar-refractivity contribution in [1.82, 2.24) is 4.72 Å². The summed E-state index contributed by atoms with van der Waals surface area (Å²) in [6, 6.07) is -0.470. The van der Waals surface area contributed by atoms with Crippen LogP contribution in [0.4, 0.5) is 0 Å². The van der Waals surface area contributed by atoms with Crippen molar-refractivity contribution in [2.45, 2.75) is 33.2 Å². The number of nitrogens with two attached hydrogens (primary N) is 1. The highest BCUT2D eigenvalue weighted by Gasteiger charge is 2.16. The first-order valence-electron chi connectivity index (χ1n) is 4.54. The average molecular weight is 238 g/mol. The zero-order valence-electron chi connectivity index (χ0n) is 8.78. The summed E-state index contributed by atoms with van der Waals surface area (Å²) in [7, 11) is -3.24. The molecule has 0 saturated heterocycles. The summed E-state index contributed by atoms with van der Waals surface area (Å²) < 4.78 is 25.3. The number of thiocarbonyl (C=S) groups is 1. The molecule has 0 saturated carbocycles. The van der Waals surface area contributed by atoms with Crippen LogP contribution in [-0.2, 0) is 10.0 Å². The lowest BCUT2D eigenvalue weighted by Gasteiger charge is -2.13. The molecule has 1 unspecified atom stereocenters. The van der Waals surface area contributed by atoms with Gasteiger partial charge < -0.3 is 5.73 Å². The van der Waals surface area contributed by atoms with Gasteiger partial charge in [0.15, 0.2) is 0 Å². The van der Waals surface area contributed by atoms with Crippen LogP contribution in [-0.4, -0.2) is 25.2 Å². The Kier molecular flexibility index (Phi) is 5.54. The monoisotopic (exact) mass is 238 g/mol. The largest absolute Gasteiger partial charge is 0.392 e. The summed E-state index contributed by atoms with van der Waals surface area (Å²) in [5, 5.41) is 0. The molecule has 0 bridgehead atoms. The van der Waals surface area contributed by atoms with Gasteiger partial charge in [0.05, 0.1) is 16.8 Å². The van der Waals surface area contributed by atoms with E-state index in [4.69, 9.17) is 5.73 Å². The summed E-state index contributed by atoms with van der Waals surface area (Å²) in [5.41, 5.74) is 5.30. The van der Waals surface area contributed by atoms with Crippen LogP contribution in [0, 0.1) is 5.92 Å². The molecular formula is C8H18N2O2S2.